The molecule has 2 heteroatoms. The minimum atomic E-state index is -0.477. The third-order valence-electron chi connectivity index (χ3n) is 12.9. The molecule has 1 aliphatic heterocycles. The minimum Gasteiger partial charge on any atom is -0.310 e. The van der Waals surface area contributed by atoms with Crippen LogP contribution in [0, 0.1) is 0 Å². The molecule has 0 radical (unpaired) electrons. The van der Waals surface area contributed by atoms with E-state index in [-0.39, 0.29) is 0 Å². The van der Waals surface area contributed by atoms with Crippen LogP contribution < -0.4 is 9.80 Å². The summed E-state index contributed by atoms with van der Waals surface area (Å²) in [5, 5.41) is 2.55. The molecule has 2 nitrogen and oxygen atoms in total. The first-order valence-corrected chi connectivity index (χ1v) is 21.1. The molecule has 12 rings (SSSR count). The molecule has 10 aromatic rings. The molecule has 0 saturated heterocycles. The molecule has 0 fully saturated rings. The van der Waals surface area contributed by atoms with Crippen LogP contribution >= 0.6 is 0 Å². The van der Waals surface area contributed by atoms with Gasteiger partial charge in [0, 0.05) is 33.7 Å². The summed E-state index contributed by atoms with van der Waals surface area (Å²) in [5.74, 6) is 0. The number of anilines is 6. The summed E-state index contributed by atoms with van der Waals surface area (Å²) in [5.41, 5.74) is 19.0. The standard InChI is InChI=1S/C59H40N2/c1-4-18-44(19-5-1)59(45-20-6-2-7-21-45)54-27-12-10-24-50(54)51-39-38-49(40-55(51)59)60(46-22-8-3-9-23-46)47-34-30-41(31-35-47)42-32-36-48(37-33-42)61-56-28-13-11-25-52(56)53-26-14-16-43-17-15-29-57(61)58(43)53/h1-40H. The van der Waals surface area contributed by atoms with Gasteiger partial charge in [0.1, 0.15) is 0 Å². The van der Waals surface area contributed by atoms with Gasteiger partial charge in [-0.1, -0.05) is 182 Å². The lowest BCUT2D eigenvalue weighted by atomic mass is 9.67. The van der Waals surface area contributed by atoms with Crippen molar-refractivity contribution >= 4 is 44.9 Å². The van der Waals surface area contributed by atoms with Gasteiger partial charge < -0.3 is 9.80 Å². The molecule has 10 aromatic carbocycles. The molecule has 0 bridgehead atoms. The Morgan fingerprint density at radius 2 is 0.836 bits per heavy atom. The highest BCUT2D eigenvalue weighted by Gasteiger charge is 2.46. The third kappa shape index (κ3) is 5.43. The lowest BCUT2D eigenvalue weighted by Crippen LogP contribution is -2.28. The van der Waals surface area contributed by atoms with Crippen LogP contribution in [0.5, 0.6) is 0 Å². The monoisotopic (exact) mass is 776 g/mol. The molecule has 2 aliphatic rings. The zero-order chi connectivity index (χ0) is 40.3. The van der Waals surface area contributed by atoms with E-state index in [9.17, 15) is 0 Å². The maximum atomic E-state index is 2.44. The van der Waals surface area contributed by atoms with Crippen LogP contribution in [0.25, 0.3) is 44.2 Å². The Kier molecular flexibility index (Phi) is 8.11. The summed E-state index contributed by atoms with van der Waals surface area (Å²) in [7, 11) is 0. The van der Waals surface area contributed by atoms with Gasteiger partial charge in [-0.15, -0.1) is 0 Å². The van der Waals surface area contributed by atoms with Gasteiger partial charge in [0.15, 0.2) is 0 Å². The fourth-order valence-corrected chi connectivity index (χ4v) is 10.2. The highest BCUT2D eigenvalue weighted by atomic mass is 15.2. The summed E-state index contributed by atoms with van der Waals surface area (Å²) < 4.78 is 0. The van der Waals surface area contributed by atoms with Gasteiger partial charge in [-0.05, 0) is 116 Å². The topological polar surface area (TPSA) is 6.48 Å². The molecule has 0 spiro atoms. The van der Waals surface area contributed by atoms with Crippen molar-refractivity contribution < 1.29 is 0 Å². The van der Waals surface area contributed by atoms with Crippen molar-refractivity contribution in [1.82, 2.24) is 0 Å². The van der Waals surface area contributed by atoms with E-state index in [1.54, 1.807) is 0 Å². The van der Waals surface area contributed by atoms with Crippen molar-refractivity contribution in [2.24, 2.45) is 0 Å². The van der Waals surface area contributed by atoms with Crippen molar-refractivity contribution in [2.45, 2.75) is 5.41 Å². The molecule has 1 heterocycles. The predicted molar refractivity (Wildman–Crippen MR) is 255 cm³/mol. The average molecular weight is 777 g/mol. The fourth-order valence-electron chi connectivity index (χ4n) is 10.2. The molecular weight excluding hydrogens is 737 g/mol. The van der Waals surface area contributed by atoms with E-state index in [1.165, 1.54) is 77.8 Å². The zero-order valence-corrected chi connectivity index (χ0v) is 33.5. The van der Waals surface area contributed by atoms with E-state index in [0.717, 1.165) is 22.7 Å². The van der Waals surface area contributed by atoms with Crippen LogP contribution in [0.3, 0.4) is 0 Å². The Hall–Kier alpha value is -7.94. The van der Waals surface area contributed by atoms with Crippen molar-refractivity contribution in [1.29, 1.82) is 0 Å². The molecule has 0 amide bonds. The van der Waals surface area contributed by atoms with Crippen molar-refractivity contribution in [3.05, 3.63) is 265 Å². The Morgan fingerprint density at radius 1 is 0.328 bits per heavy atom. The van der Waals surface area contributed by atoms with Crippen LogP contribution in [0.4, 0.5) is 34.1 Å². The van der Waals surface area contributed by atoms with Crippen LogP contribution in [-0.2, 0) is 5.41 Å². The molecule has 1 aliphatic carbocycles. The first kappa shape index (κ1) is 35.0. The molecule has 0 unspecified atom stereocenters. The Labute approximate surface area is 356 Å². The number of hydrogen-bond acceptors (Lipinski definition) is 2. The van der Waals surface area contributed by atoms with Gasteiger partial charge in [-0.2, -0.15) is 0 Å². The Morgan fingerprint density at radius 3 is 1.54 bits per heavy atom. The molecular formula is C59H40N2. The number of nitrogens with zero attached hydrogens (tertiary/aromatic N) is 2. The molecule has 0 aromatic heterocycles. The van der Waals surface area contributed by atoms with E-state index < -0.39 is 5.41 Å². The van der Waals surface area contributed by atoms with Gasteiger partial charge >= 0.3 is 0 Å². The summed E-state index contributed by atoms with van der Waals surface area (Å²) in [6.45, 7) is 0. The fraction of sp³-hybridized carbons (Fsp3) is 0.0169. The second-order valence-corrected chi connectivity index (χ2v) is 16.1. The van der Waals surface area contributed by atoms with Crippen LogP contribution in [0.1, 0.15) is 22.3 Å². The maximum absolute atomic E-state index is 2.44. The molecule has 61 heavy (non-hydrogen) atoms. The lowest BCUT2D eigenvalue weighted by molar-refractivity contribution is 0.768. The number of fused-ring (bicyclic) bond motifs is 5. The number of rotatable bonds is 7. The quantitative estimate of drug-likeness (QED) is 0.159. The van der Waals surface area contributed by atoms with Crippen LogP contribution in [0.2, 0.25) is 0 Å². The highest BCUT2D eigenvalue weighted by Crippen LogP contribution is 2.57. The second-order valence-electron chi connectivity index (χ2n) is 16.1. The van der Waals surface area contributed by atoms with Gasteiger partial charge in [-0.3, -0.25) is 0 Å². The summed E-state index contributed by atoms with van der Waals surface area (Å²) in [6.07, 6.45) is 0. The molecule has 0 atom stereocenters. The van der Waals surface area contributed by atoms with Gasteiger partial charge in [0.25, 0.3) is 0 Å². The Balaban J connectivity index is 0.943. The third-order valence-corrected chi connectivity index (χ3v) is 12.9. The SMILES string of the molecule is c1ccc(N(c2ccc(-c3ccc(N4c5ccccc5-c5cccc6cccc4c56)cc3)cc2)c2ccc3c(c2)C(c2ccccc2)(c2ccccc2)c2ccccc2-3)cc1. The molecule has 0 saturated carbocycles. The van der Waals surface area contributed by atoms with Crippen molar-refractivity contribution in [3.8, 4) is 33.4 Å². The summed E-state index contributed by atoms with van der Waals surface area (Å²) >= 11 is 0. The first-order chi connectivity index (χ1) is 30.3. The van der Waals surface area contributed by atoms with E-state index >= 15 is 0 Å². The Bertz CT molecular complexity index is 3180. The van der Waals surface area contributed by atoms with Gasteiger partial charge in [0.05, 0.1) is 16.8 Å². The maximum Gasteiger partial charge on any atom is 0.0714 e. The first-order valence-electron chi connectivity index (χ1n) is 21.1. The average Bonchev–Trinajstić information content (AvgIpc) is 3.63. The zero-order valence-electron chi connectivity index (χ0n) is 33.5. The van der Waals surface area contributed by atoms with Gasteiger partial charge in [-0.25, -0.2) is 0 Å². The van der Waals surface area contributed by atoms with Crippen molar-refractivity contribution in [3.63, 3.8) is 0 Å². The summed E-state index contributed by atoms with van der Waals surface area (Å²) in [4.78, 5) is 4.80. The van der Waals surface area contributed by atoms with E-state index in [1.807, 2.05) is 0 Å². The van der Waals surface area contributed by atoms with E-state index in [0.29, 0.717) is 0 Å². The normalized spacial score (nSPS) is 13.0. The lowest BCUT2D eigenvalue weighted by Gasteiger charge is -2.35. The van der Waals surface area contributed by atoms with Crippen LogP contribution in [-0.4, -0.2) is 0 Å². The largest absolute Gasteiger partial charge is 0.310 e. The molecule has 0 N–H and O–H groups in total. The second kappa shape index (κ2) is 14.1. The number of benzene rings is 10. The van der Waals surface area contributed by atoms with Crippen LogP contribution in [0.15, 0.2) is 243 Å². The number of hydrogen-bond donors (Lipinski definition) is 0. The summed E-state index contributed by atoms with van der Waals surface area (Å²) in [6, 6.07) is 88.9. The smallest absolute Gasteiger partial charge is 0.0714 e. The van der Waals surface area contributed by atoms with E-state index in [2.05, 4.69) is 252 Å². The van der Waals surface area contributed by atoms with E-state index in [4.69, 9.17) is 0 Å². The highest BCUT2D eigenvalue weighted by molar-refractivity contribution is 6.13. The predicted octanol–water partition coefficient (Wildman–Crippen LogP) is 15.8. The number of para-hydroxylation sites is 2. The minimum absolute atomic E-state index is 0.477. The van der Waals surface area contributed by atoms with Crippen molar-refractivity contribution in [2.75, 3.05) is 9.80 Å². The molecule has 286 valence electrons. The van der Waals surface area contributed by atoms with Gasteiger partial charge in [0.2, 0.25) is 0 Å².